The smallest absolute Gasteiger partial charge is 0.152 e. The summed E-state index contributed by atoms with van der Waals surface area (Å²) in [5.41, 5.74) is 13.2. The molecule has 0 radical (unpaired) electrons. The largest absolute Gasteiger partial charge is 0.382 e. The first kappa shape index (κ1) is 14.0. The van der Waals surface area contributed by atoms with Gasteiger partial charge in [-0.25, -0.2) is 4.68 Å². The van der Waals surface area contributed by atoms with Crippen LogP contribution in [0.3, 0.4) is 0 Å². The average molecular weight is 293 g/mol. The zero-order chi connectivity index (χ0) is 15.5. The van der Waals surface area contributed by atoms with Gasteiger partial charge >= 0.3 is 0 Å². The third kappa shape index (κ3) is 2.61. The molecule has 0 unspecified atom stereocenters. The van der Waals surface area contributed by atoms with E-state index in [0.29, 0.717) is 5.82 Å². The first-order valence-corrected chi connectivity index (χ1v) is 7.13. The van der Waals surface area contributed by atoms with Crippen molar-refractivity contribution in [2.75, 3.05) is 23.2 Å². The standard InChI is InChI=1S/C17H19N5/c1-13-16(20-21(2)14-9-5-3-6-10-14)17(18)22(19-13)15-11-7-4-8-12-15/h3-12,20H,18H2,1-2H3. The van der Waals surface area contributed by atoms with Gasteiger partial charge in [-0.05, 0) is 31.2 Å². The van der Waals surface area contributed by atoms with Gasteiger partial charge in [-0.1, -0.05) is 36.4 Å². The summed E-state index contributed by atoms with van der Waals surface area (Å²) < 4.78 is 1.75. The number of nitrogen functional groups attached to an aromatic ring is 1. The SMILES string of the molecule is Cc1nn(-c2ccccc2)c(N)c1NN(C)c1ccccc1. The molecule has 5 heteroatoms. The lowest BCUT2D eigenvalue weighted by molar-refractivity contribution is 0.872. The van der Waals surface area contributed by atoms with E-state index in [1.165, 1.54) is 0 Å². The molecule has 5 nitrogen and oxygen atoms in total. The monoisotopic (exact) mass is 293 g/mol. The number of aryl methyl sites for hydroxylation is 1. The van der Waals surface area contributed by atoms with Crippen molar-refractivity contribution >= 4 is 17.2 Å². The van der Waals surface area contributed by atoms with Crippen LogP contribution >= 0.6 is 0 Å². The molecule has 0 bridgehead atoms. The number of hydrazine groups is 1. The number of nitrogens with one attached hydrogen (secondary N) is 1. The Hall–Kier alpha value is -2.95. The Labute approximate surface area is 130 Å². The lowest BCUT2D eigenvalue weighted by Crippen LogP contribution is -2.25. The number of nitrogens with zero attached hydrogens (tertiary/aromatic N) is 3. The van der Waals surface area contributed by atoms with E-state index < -0.39 is 0 Å². The third-order valence-corrected chi connectivity index (χ3v) is 3.52. The Bertz CT molecular complexity index is 749. The van der Waals surface area contributed by atoms with E-state index in [9.17, 15) is 0 Å². The summed E-state index contributed by atoms with van der Waals surface area (Å²) in [6, 6.07) is 19.9. The van der Waals surface area contributed by atoms with Crippen LogP contribution in [0.2, 0.25) is 0 Å². The van der Waals surface area contributed by atoms with Gasteiger partial charge in [-0.3, -0.25) is 10.4 Å². The highest BCUT2D eigenvalue weighted by molar-refractivity contribution is 5.70. The second-order valence-electron chi connectivity index (χ2n) is 5.10. The van der Waals surface area contributed by atoms with Gasteiger partial charge in [-0.2, -0.15) is 5.10 Å². The van der Waals surface area contributed by atoms with Gasteiger partial charge < -0.3 is 5.73 Å². The number of rotatable bonds is 4. The molecule has 3 N–H and O–H groups in total. The topological polar surface area (TPSA) is 59.1 Å². The van der Waals surface area contributed by atoms with Crippen LogP contribution in [0.5, 0.6) is 0 Å². The molecule has 0 saturated heterocycles. The summed E-state index contributed by atoms with van der Waals surface area (Å²) in [5, 5.41) is 6.46. The summed E-state index contributed by atoms with van der Waals surface area (Å²) in [6.07, 6.45) is 0. The molecule has 22 heavy (non-hydrogen) atoms. The van der Waals surface area contributed by atoms with Gasteiger partial charge in [0.1, 0.15) is 5.69 Å². The van der Waals surface area contributed by atoms with E-state index in [0.717, 1.165) is 22.8 Å². The lowest BCUT2D eigenvalue weighted by Gasteiger charge is -2.21. The number of para-hydroxylation sites is 2. The van der Waals surface area contributed by atoms with Crippen molar-refractivity contribution in [3.05, 3.63) is 66.4 Å². The second-order valence-corrected chi connectivity index (χ2v) is 5.10. The van der Waals surface area contributed by atoms with Gasteiger partial charge in [0.05, 0.1) is 17.1 Å². The highest BCUT2D eigenvalue weighted by atomic mass is 15.5. The van der Waals surface area contributed by atoms with Crippen LogP contribution in [-0.2, 0) is 0 Å². The number of hydrogen-bond donors (Lipinski definition) is 2. The Morgan fingerprint density at radius 2 is 1.59 bits per heavy atom. The first-order chi connectivity index (χ1) is 10.7. The summed E-state index contributed by atoms with van der Waals surface area (Å²) in [6.45, 7) is 1.94. The molecule has 1 heterocycles. The van der Waals surface area contributed by atoms with Crippen LogP contribution < -0.4 is 16.2 Å². The van der Waals surface area contributed by atoms with Crippen molar-refractivity contribution in [3.63, 3.8) is 0 Å². The zero-order valence-electron chi connectivity index (χ0n) is 12.7. The summed E-state index contributed by atoms with van der Waals surface area (Å²) in [4.78, 5) is 0. The fourth-order valence-corrected chi connectivity index (χ4v) is 2.33. The minimum atomic E-state index is 0.589. The van der Waals surface area contributed by atoms with Gasteiger partial charge in [0, 0.05) is 7.05 Å². The molecule has 3 rings (SSSR count). The Balaban J connectivity index is 1.91. The van der Waals surface area contributed by atoms with Gasteiger partial charge in [-0.15, -0.1) is 0 Å². The maximum atomic E-state index is 6.27. The molecule has 0 atom stereocenters. The molecule has 3 aromatic rings. The van der Waals surface area contributed by atoms with Gasteiger partial charge in [0.15, 0.2) is 5.82 Å². The molecule has 0 aliphatic carbocycles. The minimum Gasteiger partial charge on any atom is -0.382 e. The van der Waals surface area contributed by atoms with E-state index in [4.69, 9.17) is 5.73 Å². The van der Waals surface area contributed by atoms with Crippen molar-refractivity contribution in [2.45, 2.75) is 6.92 Å². The fraction of sp³-hybridized carbons (Fsp3) is 0.118. The summed E-state index contributed by atoms with van der Waals surface area (Å²) in [5.74, 6) is 0.589. The maximum absolute atomic E-state index is 6.27. The van der Waals surface area contributed by atoms with E-state index in [1.807, 2.05) is 79.6 Å². The van der Waals surface area contributed by atoms with Crippen molar-refractivity contribution in [3.8, 4) is 5.69 Å². The maximum Gasteiger partial charge on any atom is 0.152 e. The lowest BCUT2D eigenvalue weighted by atomic mass is 10.3. The molecule has 0 amide bonds. The molecular formula is C17H19N5. The summed E-state index contributed by atoms with van der Waals surface area (Å²) >= 11 is 0. The predicted octanol–water partition coefficient (Wildman–Crippen LogP) is 3.23. The fourth-order valence-electron chi connectivity index (χ4n) is 2.33. The van der Waals surface area contributed by atoms with Crippen LogP contribution in [-0.4, -0.2) is 16.8 Å². The average Bonchev–Trinajstić information content (AvgIpc) is 2.84. The number of nitrogens with two attached hydrogens (primary N) is 1. The van der Waals surface area contributed by atoms with Crippen molar-refractivity contribution in [1.82, 2.24) is 9.78 Å². The van der Waals surface area contributed by atoms with Crippen LogP contribution in [0.15, 0.2) is 60.7 Å². The van der Waals surface area contributed by atoms with Crippen LogP contribution in [0.25, 0.3) is 5.69 Å². The normalized spacial score (nSPS) is 10.5. The number of anilines is 3. The van der Waals surface area contributed by atoms with E-state index in [1.54, 1.807) is 4.68 Å². The second kappa shape index (κ2) is 5.81. The molecule has 0 saturated carbocycles. The first-order valence-electron chi connectivity index (χ1n) is 7.13. The minimum absolute atomic E-state index is 0.589. The van der Waals surface area contributed by atoms with Crippen LogP contribution in [0.1, 0.15) is 5.69 Å². The zero-order valence-corrected chi connectivity index (χ0v) is 12.7. The molecule has 112 valence electrons. The molecule has 1 aromatic heterocycles. The van der Waals surface area contributed by atoms with Crippen molar-refractivity contribution in [2.24, 2.45) is 0 Å². The number of aromatic nitrogens is 2. The Kier molecular flexibility index (Phi) is 3.70. The Morgan fingerprint density at radius 3 is 2.23 bits per heavy atom. The van der Waals surface area contributed by atoms with E-state index in [2.05, 4.69) is 10.5 Å². The number of hydrogen-bond acceptors (Lipinski definition) is 4. The van der Waals surface area contributed by atoms with E-state index >= 15 is 0 Å². The quantitative estimate of drug-likeness (QED) is 0.725. The summed E-state index contributed by atoms with van der Waals surface area (Å²) in [7, 11) is 1.95. The molecule has 0 aliphatic rings. The molecular weight excluding hydrogens is 274 g/mol. The van der Waals surface area contributed by atoms with E-state index in [-0.39, 0.29) is 0 Å². The highest BCUT2D eigenvalue weighted by Crippen LogP contribution is 2.27. The van der Waals surface area contributed by atoms with Crippen molar-refractivity contribution < 1.29 is 0 Å². The molecule has 2 aromatic carbocycles. The third-order valence-electron chi connectivity index (χ3n) is 3.52. The van der Waals surface area contributed by atoms with Crippen LogP contribution in [0.4, 0.5) is 17.2 Å². The van der Waals surface area contributed by atoms with Gasteiger partial charge in [0.25, 0.3) is 0 Å². The molecule has 0 aliphatic heterocycles. The molecule has 0 spiro atoms. The predicted molar refractivity (Wildman–Crippen MR) is 91.2 cm³/mol. The molecule has 0 fully saturated rings. The Morgan fingerprint density at radius 1 is 1.00 bits per heavy atom. The van der Waals surface area contributed by atoms with Crippen molar-refractivity contribution in [1.29, 1.82) is 0 Å². The number of benzene rings is 2. The van der Waals surface area contributed by atoms with Gasteiger partial charge in [0.2, 0.25) is 0 Å². The van der Waals surface area contributed by atoms with Crippen LogP contribution in [0, 0.1) is 6.92 Å². The highest BCUT2D eigenvalue weighted by Gasteiger charge is 2.15.